The van der Waals surface area contributed by atoms with Gasteiger partial charge in [0.2, 0.25) is 0 Å². The second-order valence-corrected chi connectivity index (χ2v) is 9.60. The minimum Gasteiger partial charge on any atom is -0.459 e. The number of rotatable bonds is 13. The number of hydrogen-bond acceptors (Lipinski definition) is 11. The highest BCUT2D eigenvalue weighted by atomic mass is 16.7. The highest BCUT2D eigenvalue weighted by Crippen LogP contribution is 2.30. The van der Waals surface area contributed by atoms with Crippen molar-refractivity contribution in [1.29, 1.82) is 0 Å². The minimum absolute atomic E-state index is 0.0135. The van der Waals surface area contributed by atoms with Gasteiger partial charge >= 0.3 is 24.2 Å². The number of carbonyl (C=O) groups excluding carboxylic acids is 4. The minimum atomic E-state index is -1.08. The van der Waals surface area contributed by atoms with E-state index < -0.39 is 48.7 Å². The van der Waals surface area contributed by atoms with Crippen molar-refractivity contribution in [3.05, 3.63) is 23.8 Å². The fourth-order valence-corrected chi connectivity index (χ4v) is 3.11. The average molecular weight is 540 g/mol. The van der Waals surface area contributed by atoms with E-state index in [-0.39, 0.29) is 29.8 Å². The third-order valence-corrected chi connectivity index (χ3v) is 5.21. The SMILES string of the molecule is CCCC(C)C(=O)O[C@@H](C)[C@H](C)OC(=O)[C@@H](N)Cc1ccc(OC(=O)OC(C)C)c(OC(=O)OC(C)C)c1. The summed E-state index contributed by atoms with van der Waals surface area (Å²) in [7, 11) is 0. The first kappa shape index (κ1) is 32.7. The summed E-state index contributed by atoms with van der Waals surface area (Å²) in [6.07, 6.45) is -2.67. The number of carbonyl (C=O) groups is 4. The van der Waals surface area contributed by atoms with E-state index in [1.54, 1.807) is 54.5 Å². The summed E-state index contributed by atoms with van der Waals surface area (Å²) in [6.45, 7) is 13.6. The standard InChI is InChI=1S/C27H41NO10/c1-9-10-17(6)24(29)35-18(7)19(8)36-25(30)21(28)13-20-11-12-22(37-26(31)33-15(2)3)23(14-20)38-27(32)34-16(4)5/h11-12,14-19,21H,9-10,13,28H2,1-8H3/t17?,18-,19-,21-/m0/s1. The topological polar surface area (TPSA) is 150 Å². The summed E-state index contributed by atoms with van der Waals surface area (Å²) < 4.78 is 31.1. The first-order chi connectivity index (χ1) is 17.7. The van der Waals surface area contributed by atoms with Crippen LogP contribution in [0.25, 0.3) is 0 Å². The molecule has 0 saturated carbocycles. The molecule has 2 N–H and O–H groups in total. The number of nitrogens with two attached hydrogens (primary N) is 1. The van der Waals surface area contributed by atoms with Crippen LogP contribution in [-0.2, 0) is 35.0 Å². The third kappa shape index (κ3) is 11.8. The molecule has 0 spiro atoms. The lowest BCUT2D eigenvalue weighted by Gasteiger charge is -2.23. The van der Waals surface area contributed by atoms with E-state index in [9.17, 15) is 19.2 Å². The van der Waals surface area contributed by atoms with Gasteiger partial charge in [-0.25, -0.2) is 9.59 Å². The fourth-order valence-electron chi connectivity index (χ4n) is 3.11. The summed E-state index contributed by atoms with van der Waals surface area (Å²) >= 11 is 0. The zero-order valence-electron chi connectivity index (χ0n) is 23.5. The Morgan fingerprint density at radius 1 is 0.737 bits per heavy atom. The van der Waals surface area contributed by atoms with Crippen LogP contribution < -0.4 is 15.2 Å². The lowest BCUT2D eigenvalue weighted by atomic mass is 10.1. The maximum Gasteiger partial charge on any atom is 0.514 e. The van der Waals surface area contributed by atoms with Gasteiger partial charge in [-0.2, -0.15) is 0 Å². The summed E-state index contributed by atoms with van der Waals surface area (Å²) in [5.41, 5.74) is 6.55. The van der Waals surface area contributed by atoms with Gasteiger partial charge in [-0.15, -0.1) is 0 Å². The molecule has 38 heavy (non-hydrogen) atoms. The molecule has 214 valence electrons. The zero-order chi connectivity index (χ0) is 29.0. The molecular formula is C27H41NO10. The Morgan fingerprint density at radius 3 is 1.74 bits per heavy atom. The molecular weight excluding hydrogens is 498 g/mol. The van der Waals surface area contributed by atoms with E-state index in [1.165, 1.54) is 12.1 Å². The van der Waals surface area contributed by atoms with Crippen molar-refractivity contribution >= 4 is 24.2 Å². The smallest absolute Gasteiger partial charge is 0.459 e. The number of benzene rings is 1. The van der Waals surface area contributed by atoms with Gasteiger partial charge in [0.15, 0.2) is 11.5 Å². The number of esters is 2. The Morgan fingerprint density at radius 2 is 1.24 bits per heavy atom. The van der Waals surface area contributed by atoms with Crippen LogP contribution >= 0.6 is 0 Å². The Balaban J connectivity index is 2.91. The molecule has 4 atom stereocenters. The van der Waals surface area contributed by atoms with Crippen molar-refractivity contribution in [3.8, 4) is 11.5 Å². The van der Waals surface area contributed by atoms with Crippen molar-refractivity contribution in [2.24, 2.45) is 11.7 Å². The average Bonchev–Trinajstić information content (AvgIpc) is 2.79. The maximum absolute atomic E-state index is 12.6. The second kappa shape index (κ2) is 15.8. The van der Waals surface area contributed by atoms with Crippen LogP contribution in [0.5, 0.6) is 11.5 Å². The Labute approximate surface area is 224 Å². The Kier molecular flexibility index (Phi) is 13.6. The highest BCUT2D eigenvalue weighted by molar-refractivity contribution is 5.76. The molecule has 1 aromatic carbocycles. The van der Waals surface area contributed by atoms with Gasteiger partial charge in [0, 0.05) is 0 Å². The van der Waals surface area contributed by atoms with Gasteiger partial charge in [0.1, 0.15) is 18.2 Å². The van der Waals surface area contributed by atoms with Crippen LogP contribution in [0.4, 0.5) is 9.59 Å². The van der Waals surface area contributed by atoms with E-state index in [0.717, 1.165) is 6.42 Å². The van der Waals surface area contributed by atoms with Crippen molar-refractivity contribution in [3.63, 3.8) is 0 Å². The van der Waals surface area contributed by atoms with Gasteiger partial charge < -0.3 is 34.2 Å². The molecule has 0 aliphatic rings. The molecule has 11 heteroatoms. The zero-order valence-corrected chi connectivity index (χ0v) is 23.5. The summed E-state index contributed by atoms with van der Waals surface area (Å²) in [5.74, 6) is -1.51. The lowest BCUT2D eigenvalue weighted by molar-refractivity contribution is -0.168. The van der Waals surface area contributed by atoms with Crippen molar-refractivity contribution in [2.75, 3.05) is 0 Å². The molecule has 1 rings (SSSR count). The van der Waals surface area contributed by atoms with Crippen LogP contribution in [0.2, 0.25) is 0 Å². The fraction of sp³-hybridized carbons (Fsp3) is 0.630. The molecule has 0 amide bonds. The van der Waals surface area contributed by atoms with Gasteiger partial charge in [-0.3, -0.25) is 9.59 Å². The van der Waals surface area contributed by atoms with Crippen LogP contribution in [0.1, 0.15) is 73.8 Å². The van der Waals surface area contributed by atoms with Crippen LogP contribution in [0.15, 0.2) is 18.2 Å². The highest BCUT2D eigenvalue weighted by Gasteiger charge is 2.26. The molecule has 0 aliphatic carbocycles. The van der Waals surface area contributed by atoms with E-state index in [0.29, 0.717) is 12.0 Å². The predicted octanol–water partition coefficient (Wildman–Crippen LogP) is 4.70. The van der Waals surface area contributed by atoms with Gasteiger partial charge in [-0.05, 0) is 72.1 Å². The van der Waals surface area contributed by atoms with E-state index in [4.69, 9.17) is 34.2 Å². The predicted molar refractivity (Wildman–Crippen MR) is 138 cm³/mol. The molecule has 0 radical (unpaired) electrons. The molecule has 0 saturated heterocycles. The molecule has 0 aromatic heterocycles. The van der Waals surface area contributed by atoms with Gasteiger partial charge in [0.25, 0.3) is 0 Å². The van der Waals surface area contributed by atoms with E-state index in [1.807, 2.05) is 6.92 Å². The quantitative estimate of drug-likeness (QED) is 0.211. The van der Waals surface area contributed by atoms with Crippen molar-refractivity contribution < 1.29 is 47.6 Å². The molecule has 0 heterocycles. The van der Waals surface area contributed by atoms with Crippen LogP contribution in [0.3, 0.4) is 0 Å². The van der Waals surface area contributed by atoms with E-state index in [2.05, 4.69) is 0 Å². The molecule has 0 bridgehead atoms. The molecule has 1 aromatic rings. The van der Waals surface area contributed by atoms with Gasteiger partial charge in [-0.1, -0.05) is 26.3 Å². The Bertz CT molecular complexity index is 946. The van der Waals surface area contributed by atoms with E-state index >= 15 is 0 Å². The number of ether oxygens (including phenoxy) is 6. The maximum atomic E-state index is 12.6. The van der Waals surface area contributed by atoms with Crippen LogP contribution in [-0.4, -0.2) is 54.7 Å². The molecule has 0 aliphatic heterocycles. The monoisotopic (exact) mass is 539 g/mol. The molecule has 0 fully saturated rings. The first-order valence-corrected chi connectivity index (χ1v) is 12.8. The summed E-state index contributed by atoms with van der Waals surface area (Å²) in [6, 6.07) is 3.26. The normalized spacial score (nSPS) is 14.2. The molecule has 11 nitrogen and oxygen atoms in total. The van der Waals surface area contributed by atoms with Crippen molar-refractivity contribution in [2.45, 2.75) is 105 Å². The second-order valence-electron chi connectivity index (χ2n) is 9.60. The number of hydrogen-bond donors (Lipinski definition) is 1. The molecule has 1 unspecified atom stereocenters. The lowest BCUT2D eigenvalue weighted by Crippen LogP contribution is -2.40. The largest absolute Gasteiger partial charge is 0.514 e. The third-order valence-electron chi connectivity index (χ3n) is 5.21. The van der Waals surface area contributed by atoms with Crippen molar-refractivity contribution in [1.82, 2.24) is 0 Å². The first-order valence-electron chi connectivity index (χ1n) is 12.8. The summed E-state index contributed by atoms with van der Waals surface area (Å²) in [5, 5.41) is 0. The Hall–Kier alpha value is -3.34. The summed E-state index contributed by atoms with van der Waals surface area (Å²) in [4.78, 5) is 48.8. The van der Waals surface area contributed by atoms with Crippen LogP contribution in [0, 0.1) is 5.92 Å². The van der Waals surface area contributed by atoms with Gasteiger partial charge in [0.05, 0.1) is 18.1 Å².